The molecule has 0 unspecified atom stereocenters. The van der Waals surface area contributed by atoms with Crippen molar-refractivity contribution < 1.29 is 28.6 Å². The largest absolute Gasteiger partial charge is 0.462 e. The van der Waals surface area contributed by atoms with Crippen molar-refractivity contribution in [2.45, 2.75) is 317 Å². The molecule has 0 saturated heterocycles. The van der Waals surface area contributed by atoms with E-state index in [9.17, 15) is 14.4 Å². The molecule has 0 N–H and O–H groups in total. The molecule has 0 bridgehead atoms. The van der Waals surface area contributed by atoms with Crippen molar-refractivity contribution in [3.63, 3.8) is 0 Å². The van der Waals surface area contributed by atoms with Crippen LogP contribution in [0.1, 0.15) is 311 Å². The molecule has 0 aliphatic carbocycles. The number of unbranched alkanes of at least 4 members (excludes halogenated alkanes) is 35. The Kier molecular flexibility index (Phi) is 47.6. The second-order valence-corrected chi connectivity index (χ2v) is 20.2. The molecule has 368 valence electrons. The lowest BCUT2D eigenvalue weighted by Gasteiger charge is -2.18. The van der Waals surface area contributed by atoms with E-state index in [-0.39, 0.29) is 31.1 Å². The minimum absolute atomic E-state index is 0.0633. The van der Waals surface area contributed by atoms with Crippen LogP contribution in [0.25, 0.3) is 0 Å². The van der Waals surface area contributed by atoms with E-state index in [0.717, 1.165) is 69.6 Å². The first kappa shape index (κ1) is 60.4. The maximum Gasteiger partial charge on any atom is 0.306 e. The average molecular weight is 877 g/mol. The van der Waals surface area contributed by atoms with E-state index in [0.29, 0.717) is 19.3 Å². The van der Waals surface area contributed by atoms with Crippen molar-refractivity contribution in [3.05, 3.63) is 0 Å². The number of rotatable bonds is 50. The average Bonchev–Trinajstić information content (AvgIpc) is 3.24. The lowest BCUT2D eigenvalue weighted by Crippen LogP contribution is -2.30. The van der Waals surface area contributed by atoms with Crippen LogP contribution in [0.5, 0.6) is 0 Å². The summed E-state index contributed by atoms with van der Waals surface area (Å²) in [6.07, 6.45) is 51.0. The van der Waals surface area contributed by atoms with Gasteiger partial charge in [0.1, 0.15) is 13.2 Å². The van der Waals surface area contributed by atoms with Crippen LogP contribution in [0.2, 0.25) is 0 Å². The number of hydrogen-bond acceptors (Lipinski definition) is 6. The minimum atomic E-state index is -0.762. The van der Waals surface area contributed by atoms with E-state index in [4.69, 9.17) is 14.2 Å². The zero-order chi connectivity index (χ0) is 45.4. The SMILES string of the molecule is CCCCCCCCCCCCCCCCCC(=O)OC[C@H](COC(=O)CCCCCCCCCCC(C)C)OC(=O)CCCCCCCCCCCCCCCCCC(C)C. The highest BCUT2D eigenvalue weighted by Gasteiger charge is 2.19. The monoisotopic (exact) mass is 877 g/mol. The predicted octanol–water partition coefficient (Wildman–Crippen LogP) is 18.1. The maximum atomic E-state index is 12.8. The molecule has 6 nitrogen and oxygen atoms in total. The number of carbonyl (C=O) groups is 3. The molecule has 0 heterocycles. The zero-order valence-corrected chi connectivity index (χ0v) is 42.5. The van der Waals surface area contributed by atoms with Gasteiger partial charge in [-0.1, -0.05) is 272 Å². The number of esters is 3. The van der Waals surface area contributed by atoms with E-state index >= 15 is 0 Å². The van der Waals surface area contributed by atoms with Crippen LogP contribution in [0.15, 0.2) is 0 Å². The molecular formula is C56H108O6. The quantitative estimate of drug-likeness (QED) is 0.0344. The summed E-state index contributed by atoms with van der Waals surface area (Å²) >= 11 is 0. The van der Waals surface area contributed by atoms with E-state index < -0.39 is 6.10 Å². The summed E-state index contributed by atoms with van der Waals surface area (Å²) in [6.45, 7) is 11.4. The lowest BCUT2D eigenvalue weighted by molar-refractivity contribution is -0.167. The smallest absolute Gasteiger partial charge is 0.306 e. The highest BCUT2D eigenvalue weighted by atomic mass is 16.6. The van der Waals surface area contributed by atoms with Gasteiger partial charge in [-0.3, -0.25) is 14.4 Å². The fourth-order valence-electron chi connectivity index (χ4n) is 8.52. The third-order valence-electron chi connectivity index (χ3n) is 12.7. The molecule has 0 aliphatic rings. The van der Waals surface area contributed by atoms with Gasteiger partial charge in [0.25, 0.3) is 0 Å². The van der Waals surface area contributed by atoms with Crippen LogP contribution < -0.4 is 0 Å². The van der Waals surface area contributed by atoms with Gasteiger partial charge in [-0.25, -0.2) is 0 Å². The molecule has 0 aliphatic heterocycles. The molecule has 62 heavy (non-hydrogen) atoms. The van der Waals surface area contributed by atoms with Gasteiger partial charge < -0.3 is 14.2 Å². The van der Waals surface area contributed by atoms with Crippen molar-refractivity contribution >= 4 is 17.9 Å². The van der Waals surface area contributed by atoms with Crippen molar-refractivity contribution in [2.24, 2.45) is 11.8 Å². The molecule has 0 saturated carbocycles. The Hall–Kier alpha value is -1.59. The molecule has 0 amide bonds. The highest BCUT2D eigenvalue weighted by Crippen LogP contribution is 2.18. The van der Waals surface area contributed by atoms with Gasteiger partial charge in [-0.15, -0.1) is 0 Å². The molecule has 0 rings (SSSR count). The summed E-state index contributed by atoms with van der Waals surface area (Å²) in [5.74, 6) is 0.800. The molecule has 0 spiro atoms. The van der Waals surface area contributed by atoms with Gasteiger partial charge in [0, 0.05) is 19.3 Å². The summed E-state index contributed by atoms with van der Waals surface area (Å²) < 4.78 is 16.8. The van der Waals surface area contributed by atoms with Crippen LogP contribution in [0, 0.1) is 11.8 Å². The third kappa shape index (κ3) is 49.4. The van der Waals surface area contributed by atoms with Crippen molar-refractivity contribution in [1.29, 1.82) is 0 Å². The Morgan fingerprint density at radius 1 is 0.306 bits per heavy atom. The Labute approximate surface area is 387 Å². The van der Waals surface area contributed by atoms with Crippen molar-refractivity contribution in [3.8, 4) is 0 Å². The Bertz CT molecular complexity index is 947. The maximum absolute atomic E-state index is 12.8. The van der Waals surface area contributed by atoms with Gasteiger partial charge in [0.2, 0.25) is 0 Å². The molecule has 0 aromatic heterocycles. The summed E-state index contributed by atoms with van der Waals surface area (Å²) in [4.78, 5) is 38.0. The molecule has 0 aromatic rings. The minimum Gasteiger partial charge on any atom is -0.462 e. The molecule has 0 aromatic carbocycles. The van der Waals surface area contributed by atoms with E-state index in [1.165, 1.54) is 199 Å². The standard InChI is InChI=1S/C56H108O6/c1-6-7-8-9-10-11-12-13-15-19-22-25-31-36-41-46-54(57)60-49-53(50-61-55(58)47-42-37-32-28-27-30-35-40-45-52(4)5)62-56(59)48-43-38-33-26-23-20-17-14-16-18-21-24-29-34-39-44-51(2)3/h51-53H,6-50H2,1-5H3/t53-/m1/s1. The van der Waals surface area contributed by atoms with Crippen LogP contribution in [-0.4, -0.2) is 37.2 Å². The van der Waals surface area contributed by atoms with Gasteiger partial charge >= 0.3 is 17.9 Å². The van der Waals surface area contributed by atoms with Gasteiger partial charge in [0.15, 0.2) is 6.10 Å². The van der Waals surface area contributed by atoms with Crippen molar-refractivity contribution in [2.75, 3.05) is 13.2 Å². The summed E-state index contributed by atoms with van der Waals surface area (Å²) in [6, 6.07) is 0. The molecular weight excluding hydrogens is 769 g/mol. The molecule has 0 fully saturated rings. The molecule has 0 radical (unpaired) electrons. The van der Waals surface area contributed by atoms with E-state index in [1.54, 1.807) is 0 Å². The predicted molar refractivity (Wildman–Crippen MR) is 266 cm³/mol. The third-order valence-corrected chi connectivity index (χ3v) is 12.7. The number of ether oxygens (including phenoxy) is 3. The fraction of sp³-hybridized carbons (Fsp3) is 0.946. The lowest BCUT2D eigenvalue weighted by atomic mass is 10.0. The second-order valence-electron chi connectivity index (χ2n) is 20.2. The van der Waals surface area contributed by atoms with Crippen LogP contribution in [-0.2, 0) is 28.6 Å². The van der Waals surface area contributed by atoms with Crippen LogP contribution in [0.4, 0.5) is 0 Å². The van der Waals surface area contributed by atoms with Crippen LogP contribution >= 0.6 is 0 Å². The van der Waals surface area contributed by atoms with E-state index in [2.05, 4.69) is 34.6 Å². The van der Waals surface area contributed by atoms with Crippen molar-refractivity contribution in [1.82, 2.24) is 0 Å². The zero-order valence-electron chi connectivity index (χ0n) is 42.5. The second kappa shape index (κ2) is 48.9. The Balaban J connectivity index is 4.28. The summed E-state index contributed by atoms with van der Waals surface area (Å²) in [5, 5.41) is 0. The Morgan fingerprint density at radius 3 is 0.790 bits per heavy atom. The number of carbonyl (C=O) groups excluding carboxylic acids is 3. The molecule has 6 heteroatoms. The first-order valence-electron chi connectivity index (χ1n) is 27.7. The normalized spacial score (nSPS) is 12.0. The number of hydrogen-bond donors (Lipinski definition) is 0. The highest BCUT2D eigenvalue weighted by molar-refractivity contribution is 5.71. The fourth-order valence-corrected chi connectivity index (χ4v) is 8.52. The van der Waals surface area contributed by atoms with Gasteiger partial charge in [-0.05, 0) is 31.1 Å². The van der Waals surface area contributed by atoms with Gasteiger partial charge in [0.05, 0.1) is 0 Å². The summed E-state index contributed by atoms with van der Waals surface area (Å²) in [5.41, 5.74) is 0. The summed E-state index contributed by atoms with van der Waals surface area (Å²) in [7, 11) is 0. The molecule has 1 atom stereocenters. The Morgan fingerprint density at radius 2 is 0.532 bits per heavy atom. The van der Waals surface area contributed by atoms with E-state index in [1.807, 2.05) is 0 Å². The first-order valence-corrected chi connectivity index (χ1v) is 27.7. The first-order chi connectivity index (χ1) is 30.2. The van der Waals surface area contributed by atoms with Crippen LogP contribution in [0.3, 0.4) is 0 Å². The van der Waals surface area contributed by atoms with Gasteiger partial charge in [-0.2, -0.15) is 0 Å². The topological polar surface area (TPSA) is 78.9 Å².